The van der Waals surface area contributed by atoms with Crippen molar-refractivity contribution in [3.8, 4) is 16.9 Å². The molecular weight excluding hydrogens is 547 g/mol. The molecule has 6 rings (SSSR count). The molecule has 4 nitrogen and oxygen atoms in total. The lowest BCUT2D eigenvalue weighted by Gasteiger charge is -2.45. The van der Waals surface area contributed by atoms with Crippen LogP contribution in [0.1, 0.15) is 32.6 Å². The van der Waals surface area contributed by atoms with Crippen LogP contribution in [0.5, 0.6) is 5.75 Å². The number of anilines is 2. The van der Waals surface area contributed by atoms with Gasteiger partial charge in [0.2, 0.25) is 0 Å². The first-order chi connectivity index (χ1) is 17.0. The minimum absolute atomic E-state index is 0.337. The molecule has 0 spiro atoms. The van der Waals surface area contributed by atoms with Gasteiger partial charge < -0.3 is 14.5 Å². The largest absolute Gasteiger partial charge is 0.423 e. The van der Waals surface area contributed by atoms with Crippen molar-refractivity contribution in [2.24, 2.45) is 0 Å². The zero-order valence-corrected chi connectivity index (χ0v) is 21.9. The molecule has 0 unspecified atom stereocenters. The van der Waals surface area contributed by atoms with Crippen LogP contribution in [0.25, 0.3) is 11.1 Å². The summed E-state index contributed by atoms with van der Waals surface area (Å²) in [6, 6.07) is 26.7. The lowest BCUT2D eigenvalue weighted by Crippen LogP contribution is -2.46. The number of rotatable bonds is 3. The zero-order chi connectivity index (χ0) is 24.1. The quantitative estimate of drug-likeness (QED) is 0.149. The highest BCUT2D eigenvalue weighted by Gasteiger charge is 2.30. The molecule has 0 aromatic heterocycles. The first-order valence-corrected chi connectivity index (χ1v) is 12.8. The van der Waals surface area contributed by atoms with Crippen LogP contribution in [0.4, 0.5) is 11.4 Å². The Balaban J connectivity index is 1.36. The van der Waals surface area contributed by atoms with Crippen LogP contribution < -0.4 is 14.5 Å². The van der Waals surface area contributed by atoms with Gasteiger partial charge in [-0.25, -0.2) is 4.79 Å². The molecule has 0 saturated carbocycles. The minimum Gasteiger partial charge on any atom is -0.423 e. The number of halogens is 1. The van der Waals surface area contributed by atoms with Gasteiger partial charge in [-0.15, -0.1) is 0 Å². The van der Waals surface area contributed by atoms with E-state index < -0.39 is 0 Å². The summed E-state index contributed by atoms with van der Waals surface area (Å²) in [6.07, 6.45) is 0. The van der Waals surface area contributed by atoms with Gasteiger partial charge >= 0.3 is 5.97 Å². The number of aryl methyl sites for hydroxylation is 2. The van der Waals surface area contributed by atoms with Crippen molar-refractivity contribution in [3.05, 3.63) is 110 Å². The number of fused-ring (bicyclic) bond motifs is 6. The van der Waals surface area contributed by atoms with E-state index in [1.54, 1.807) is 0 Å². The Bertz CT molecular complexity index is 1460. The van der Waals surface area contributed by atoms with Gasteiger partial charge in [0.05, 0.1) is 12.2 Å². The summed E-state index contributed by atoms with van der Waals surface area (Å²) in [6.45, 7) is 6.87. The van der Waals surface area contributed by atoms with Crippen molar-refractivity contribution in [2.75, 3.05) is 16.5 Å². The van der Waals surface area contributed by atoms with Gasteiger partial charge in [-0.1, -0.05) is 35.9 Å². The molecule has 4 aromatic carbocycles. The molecule has 4 aromatic rings. The van der Waals surface area contributed by atoms with Crippen LogP contribution in [-0.2, 0) is 13.1 Å². The van der Waals surface area contributed by atoms with Crippen LogP contribution in [0.3, 0.4) is 0 Å². The van der Waals surface area contributed by atoms with E-state index >= 15 is 0 Å². The first-order valence-electron chi connectivity index (χ1n) is 11.8. The van der Waals surface area contributed by atoms with Gasteiger partial charge in [-0.2, -0.15) is 0 Å². The van der Waals surface area contributed by atoms with E-state index in [4.69, 9.17) is 4.74 Å². The number of hydrogen-bond acceptors (Lipinski definition) is 4. The Labute approximate surface area is 219 Å². The average Bonchev–Trinajstić information content (AvgIpc) is 2.85. The molecular formula is C30H25IN2O2. The molecule has 2 aliphatic rings. The van der Waals surface area contributed by atoms with E-state index in [9.17, 15) is 4.79 Å². The monoisotopic (exact) mass is 572 g/mol. The maximum Gasteiger partial charge on any atom is 0.344 e. The molecule has 0 amide bonds. The summed E-state index contributed by atoms with van der Waals surface area (Å²) in [4.78, 5) is 18.1. The zero-order valence-electron chi connectivity index (χ0n) is 19.7. The SMILES string of the molecule is Cc1ccc2c(c1)CN1CN2Cc2cc(-c3c(C)cccc3C(=O)Oc3ccc(I)cc3)ccc21. The Morgan fingerprint density at radius 1 is 0.829 bits per heavy atom. The molecule has 35 heavy (non-hydrogen) atoms. The number of carbonyl (C=O) groups excluding carboxylic acids is 1. The fourth-order valence-electron chi connectivity index (χ4n) is 5.25. The maximum atomic E-state index is 13.2. The van der Waals surface area contributed by atoms with E-state index in [1.165, 1.54) is 28.1 Å². The number of esters is 1. The Kier molecular flexibility index (Phi) is 5.52. The van der Waals surface area contributed by atoms with Crippen molar-refractivity contribution < 1.29 is 9.53 Å². The fraction of sp³-hybridized carbons (Fsp3) is 0.167. The average molecular weight is 572 g/mol. The van der Waals surface area contributed by atoms with Crippen LogP contribution in [-0.4, -0.2) is 12.6 Å². The highest BCUT2D eigenvalue weighted by Crippen LogP contribution is 2.40. The van der Waals surface area contributed by atoms with Crippen molar-refractivity contribution in [1.82, 2.24) is 0 Å². The van der Waals surface area contributed by atoms with Crippen molar-refractivity contribution in [3.63, 3.8) is 0 Å². The number of carbonyl (C=O) groups is 1. The van der Waals surface area contributed by atoms with E-state index in [-0.39, 0.29) is 5.97 Å². The second-order valence-electron chi connectivity index (χ2n) is 9.35. The van der Waals surface area contributed by atoms with Crippen LogP contribution >= 0.6 is 22.6 Å². The van der Waals surface area contributed by atoms with Gasteiger partial charge in [0.1, 0.15) is 5.75 Å². The van der Waals surface area contributed by atoms with Gasteiger partial charge in [0.15, 0.2) is 0 Å². The molecule has 0 saturated heterocycles. The molecule has 2 heterocycles. The lowest BCUT2D eigenvalue weighted by molar-refractivity contribution is 0.0735. The maximum absolute atomic E-state index is 13.2. The summed E-state index contributed by atoms with van der Waals surface area (Å²) in [5.74, 6) is 0.215. The van der Waals surface area contributed by atoms with E-state index in [0.29, 0.717) is 11.3 Å². The highest BCUT2D eigenvalue weighted by molar-refractivity contribution is 14.1. The van der Waals surface area contributed by atoms with Gasteiger partial charge in [-0.3, -0.25) is 0 Å². The molecule has 2 aliphatic heterocycles. The Morgan fingerprint density at radius 2 is 1.51 bits per heavy atom. The predicted molar refractivity (Wildman–Crippen MR) is 149 cm³/mol. The molecule has 0 atom stereocenters. The van der Waals surface area contributed by atoms with Crippen LogP contribution in [0.2, 0.25) is 0 Å². The lowest BCUT2D eigenvalue weighted by atomic mass is 9.92. The Morgan fingerprint density at radius 3 is 2.26 bits per heavy atom. The third-order valence-electron chi connectivity index (χ3n) is 6.87. The van der Waals surface area contributed by atoms with Crippen molar-refractivity contribution in [1.29, 1.82) is 0 Å². The number of hydrogen-bond donors (Lipinski definition) is 0. The number of ether oxygens (including phenoxy) is 1. The molecule has 0 aliphatic carbocycles. The van der Waals surface area contributed by atoms with Crippen molar-refractivity contribution >= 4 is 39.9 Å². The van der Waals surface area contributed by atoms with Gasteiger partial charge in [-0.05, 0) is 113 Å². The predicted octanol–water partition coefficient (Wildman–Crippen LogP) is 7.09. The summed E-state index contributed by atoms with van der Waals surface area (Å²) in [5, 5.41) is 0. The number of benzene rings is 4. The summed E-state index contributed by atoms with van der Waals surface area (Å²) in [7, 11) is 0. The molecule has 0 N–H and O–H groups in total. The third-order valence-corrected chi connectivity index (χ3v) is 7.58. The molecule has 174 valence electrons. The third kappa shape index (κ3) is 4.08. The normalized spacial score (nSPS) is 13.8. The smallest absolute Gasteiger partial charge is 0.344 e. The van der Waals surface area contributed by atoms with E-state index in [2.05, 4.69) is 88.7 Å². The van der Waals surface area contributed by atoms with Crippen LogP contribution in [0, 0.1) is 17.4 Å². The van der Waals surface area contributed by atoms with E-state index in [0.717, 1.165) is 40.0 Å². The minimum atomic E-state index is -0.337. The summed E-state index contributed by atoms with van der Waals surface area (Å²) >= 11 is 2.24. The molecule has 2 bridgehead atoms. The highest BCUT2D eigenvalue weighted by atomic mass is 127. The molecule has 0 fully saturated rings. The van der Waals surface area contributed by atoms with E-state index in [1.807, 2.05) is 36.4 Å². The Hall–Kier alpha value is -3.32. The summed E-state index contributed by atoms with van der Waals surface area (Å²) in [5.41, 5.74) is 10.2. The summed E-state index contributed by atoms with van der Waals surface area (Å²) < 4.78 is 6.83. The fourth-order valence-corrected chi connectivity index (χ4v) is 5.61. The molecule has 0 radical (unpaired) electrons. The topological polar surface area (TPSA) is 32.8 Å². The second kappa shape index (κ2) is 8.72. The first kappa shape index (κ1) is 22.2. The number of nitrogens with zero attached hydrogens (tertiary/aromatic N) is 2. The second-order valence-corrected chi connectivity index (χ2v) is 10.6. The van der Waals surface area contributed by atoms with Crippen LogP contribution in [0.15, 0.2) is 78.9 Å². The van der Waals surface area contributed by atoms with Gasteiger partial charge in [0, 0.05) is 28.0 Å². The molecule has 5 heteroatoms. The standard InChI is InChI=1S/C30H25IN2O2/c1-19-6-12-27-22(14-19)16-32-18-33(27)17-23-15-21(7-13-28(23)32)29-20(2)4-3-5-26(29)30(34)35-25-10-8-24(31)9-11-25/h3-15H,16-18H2,1-2H3. The van der Waals surface area contributed by atoms with Crippen molar-refractivity contribution in [2.45, 2.75) is 26.9 Å². The van der Waals surface area contributed by atoms with Gasteiger partial charge in [0.25, 0.3) is 0 Å².